The fourth-order valence-electron chi connectivity index (χ4n) is 1.76. The fraction of sp³-hybridized carbons (Fsp3) is 0.143. The van der Waals surface area contributed by atoms with Crippen LogP contribution in [0.4, 0.5) is 14.5 Å². The van der Waals surface area contributed by atoms with Crippen molar-refractivity contribution in [3.63, 3.8) is 0 Å². The van der Waals surface area contributed by atoms with Crippen molar-refractivity contribution in [2.24, 2.45) is 0 Å². The molecule has 1 N–H and O–H groups in total. The molecule has 1 atom stereocenters. The van der Waals surface area contributed by atoms with Gasteiger partial charge in [0.2, 0.25) is 0 Å². The highest BCUT2D eigenvalue weighted by atomic mass is 127. The molecular formula is C14H11ClF2IN. The second kappa shape index (κ2) is 6.05. The smallest absolute Gasteiger partial charge is 0.128 e. The van der Waals surface area contributed by atoms with Crippen LogP contribution in [0.2, 0.25) is 5.02 Å². The van der Waals surface area contributed by atoms with Crippen LogP contribution in [-0.4, -0.2) is 0 Å². The predicted molar refractivity (Wildman–Crippen MR) is 82.6 cm³/mol. The van der Waals surface area contributed by atoms with Crippen molar-refractivity contribution in [2.75, 3.05) is 5.32 Å². The van der Waals surface area contributed by atoms with Crippen molar-refractivity contribution in [3.05, 3.63) is 62.2 Å². The first-order valence-corrected chi connectivity index (χ1v) is 7.09. The Morgan fingerprint density at radius 3 is 2.58 bits per heavy atom. The first-order chi connectivity index (χ1) is 8.97. The second-order valence-electron chi connectivity index (χ2n) is 4.16. The zero-order valence-corrected chi connectivity index (χ0v) is 13.0. The molecule has 0 aliphatic carbocycles. The van der Waals surface area contributed by atoms with Crippen molar-refractivity contribution >= 4 is 39.9 Å². The molecular weight excluding hydrogens is 383 g/mol. The molecule has 0 heterocycles. The molecule has 0 saturated heterocycles. The summed E-state index contributed by atoms with van der Waals surface area (Å²) in [5.41, 5.74) is 0.966. The van der Waals surface area contributed by atoms with Gasteiger partial charge in [-0.2, -0.15) is 0 Å². The van der Waals surface area contributed by atoms with Crippen LogP contribution >= 0.6 is 34.2 Å². The fourth-order valence-corrected chi connectivity index (χ4v) is 2.67. The third-order valence-electron chi connectivity index (χ3n) is 2.73. The Morgan fingerprint density at radius 1 is 1.16 bits per heavy atom. The molecule has 19 heavy (non-hydrogen) atoms. The van der Waals surface area contributed by atoms with Gasteiger partial charge in [-0.1, -0.05) is 11.6 Å². The number of benzene rings is 2. The van der Waals surface area contributed by atoms with E-state index >= 15 is 0 Å². The van der Waals surface area contributed by atoms with Gasteiger partial charge >= 0.3 is 0 Å². The Kier molecular flexibility index (Phi) is 4.62. The van der Waals surface area contributed by atoms with Gasteiger partial charge in [0, 0.05) is 9.13 Å². The molecule has 5 heteroatoms. The molecule has 0 spiro atoms. The van der Waals surface area contributed by atoms with E-state index < -0.39 is 11.6 Å². The summed E-state index contributed by atoms with van der Waals surface area (Å²) < 4.78 is 27.8. The summed E-state index contributed by atoms with van der Waals surface area (Å²) >= 11 is 8.25. The number of hydrogen-bond donors (Lipinski definition) is 1. The normalized spacial score (nSPS) is 12.3. The van der Waals surface area contributed by atoms with Crippen LogP contribution < -0.4 is 5.32 Å². The third-order valence-corrected chi connectivity index (χ3v) is 3.71. The highest BCUT2D eigenvalue weighted by Gasteiger charge is 2.13. The van der Waals surface area contributed by atoms with Crippen molar-refractivity contribution in [2.45, 2.75) is 13.0 Å². The highest BCUT2D eigenvalue weighted by molar-refractivity contribution is 14.1. The lowest BCUT2D eigenvalue weighted by atomic mass is 10.1. The molecule has 2 rings (SSSR count). The minimum atomic E-state index is -0.459. The number of nitrogens with one attached hydrogen (secondary N) is 1. The van der Waals surface area contributed by atoms with E-state index in [9.17, 15) is 8.78 Å². The van der Waals surface area contributed by atoms with E-state index in [4.69, 9.17) is 11.6 Å². The molecule has 0 saturated carbocycles. The number of hydrogen-bond acceptors (Lipinski definition) is 1. The van der Waals surface area contributed by atoms with Crippen LogP contribution in [-0.2, 0) is 0 Å². The molecule has 0 fully saturated rings. The van der Waals surface area contributed by atoms with E-state index in [1.807, 2.05) is 12.1 Å². The molecule has 100 valence electrons. The summed E-state index contributed by atoms with van der Waals surface area (Å²) in [6, 6.07) is 8.55. The molecule has 0 amide bonds. The van der Waals surface area contributed by atoms with E-state index in [2.05, 4.69) is 27.9 Å². The van der Waals surface area contributed by atoms with Gasteiger partial charge in [-0.3, -0.25) is 0 Å². The largest absolute Gasteiger partial charge is 0.377 e. The van der Waals surface area contributed by atoms with E-state index in [1.165, 1.54) is 6.07 Å². The van der Waals surface area contributed by atoms with Gasteiger partial charge in [-0.25, -0.2) is 8.78 Å². The Bertz CT molecular complexity index is 604. The Morgan fingerprint density at radius 2 is 1.89 bits per heavy atom. The molecule has 0 aromatic heterocycles. The van der Waals surface area contributed by atoms with Crippen LogP contribution in [0.3, 0.4) is 0 Å². The van der Waals surface area contributed by atoms with Crippen LogP contribution in [0.5, 0.6) is 0 Å². The highest BCUT2D eigenvalue weighted by Crippen LogP contribution is 2.28. The van der Waals surface area contributed by atoms with Crippen molar-refractivity contribution in [1.82, 2.24) is 0 Å². The van der Waals surface area contributed by atoms with E-state index in [0.29, 0.717) is 10.7 Å². The maximum Gasteiger partial charge on any atom is 0.128 e. The maximum absolute atomic E-state index is 13.6. The molecule has 0 bridgehead atoms. The summed E-state index contributed by atoms with van der Waals surface area (Å²) in [4.78, 5) is 0. The van der Waals surface area contributed by atoms with Crippen LogP contribution in [0, 0.1) is 15.2 Å². The average Bonchev–Trinajstić information content (AvgIpc) is 2.35. The third kappa shape index (κ3) is 3.57. The van der Waals surface area contributed by atoms with E-state index in [1.54, 1.807) is 13.0 Å². The number of anilines is 1. The standard InChI is InChI=1S/C14H11ClF2IN/c1-8(11-6-9(16)2-4-13(11)17)19-14-5-3-10(18)7-12(14)15/h2-8,19H,1H3. The van der Waals surface area contributed by atoms with Crippen molar-refractivity contribution in [1.29, 1.82) is 0 Å². The summed E-state index contributed by atoms with van der Waals surface area (Å²) in [5, 5.41) is 3.63. The van der Waals surface area contributed by atoms with Gasteiger partial charge in [-0.15, -0.1) is 0 Å². The Hall–Kier alpha value is -0.880. The first-order valence-electron chi connectivity index (χ1n) is 5.64. The van der Waals surface area contributed by atoms with Crippen molar-refractivity contribution < 1.29 is 8.78 Å². The summed E-state index contributed by atoms with van der Waals surface area (Å²) in [5.74, 6) is -0.901. The van der Waals surface area contributed by atoms with E-state index in [0.717, 1.165) is 15.7 Å². The lowest BCUT2D eigenvalue weighted by Crippen LogP contribution is -2.09. The SMILES string of the molecule is CC(Nc1ccc(I)cc1Cl)c1cc(F)ccc1F. The summed E-state index contributed by atoms with van der Waals surface area (Å²) in [7, 11) is 0. The molecule has 0 radical (unpaired) electrons. The quantitative estimate of drug-likeness (QED) is 0.689. The second-order valence-corrected chi connectivity index (χ2v) is 5.81. The van der Waals surface area contributed by atoms with Crippen LogP contribution in [0.15, 0.2) is 36.4 Å². The Balaban J connectivity index is 2.25. The van der Waals surface area contributed by atoms with Gasteiger partial charge in [0.05, 0.1) is 16.8 Å². The first kappa shape index (κ1) is 14.5. The summed E-state index contributed by atoms with van der Waals surface area (Å²) in [6.07, 6.45) is 0. The number of rotatable bonds is 3. The van der Waals surface area contributed by atoms with Crippen molar-refractivity contribution in [3.8, 4) is 0 Å². The average molecular weight is 394 g/mol. The molecule has 2 aromatic rings. The lowest BCUT2D eigenvalue weighted by molar-refractivity contribution is 0.577. The predicted octanol–water partition coefficient (Wildman–Crippen LogP) is 5.40. The Labute approximate surface area is 129 Å². The lowest BCUT2D eigenvalue weighted by Gasteiger charge is -2.17. The number of halogens is 4. The topological polar surface area (TPSA) is 12.0 Å². The van der Waals surface area contributed by atoms with Crippen LogP contribution in [0.25, 0.3) is 0 Å². The van der Waals surface area contributed by atoms with Crippen LogP contribution in [0.1, 0.15) is 18.5 Å². The molecule has 0 aliphatic rings. The molecule has 1 nitrogen and oxygen atoms in total. The molecule has 0 aliphatic heterocycles. The minimum absolute atomic E-state index is 0.273. The summed E-state index contributed by atoms with van der Waals surface area (Å²) in [6.45, 7) is 1.76. The van der Waals surface area contributed by atoms with Gasteiger partial charge in [0.15, 0.2) is 0 Å². The molecule has 1 unspecified atom stereocenters. The maximum atomic E-state index is 13.6. The molecule has 2 aromatic carbocycles. The van der Waals surface area contributed by atoms with E-state index in [-0.39, 0.29) is 11.6 Å². The van der Waals surface area contributed by atoms with Gasteiger partial charge in [0.25, 0.3) is 0 Å². The monoisotopic (exact) mass is 393 g/mol. The van der Waals surface area contributed by atoms with Gasteiger partial charge in [-0.05, 0) is 65.9 Å². The van der Waals surface area contributed by atoms with Gasteiger partial charge < -0.3 is 5.32 Å². The zero-order valence-electron chi connectivity index (χ0n) is 10.1. The minimum Gasteiger partial charge on any atom is -0.377 e. The zero-order chi connectivity index (χ0) is 14.0. The van der Waals surface area contributed by atoms with Gasteiger partial charge in [0.1, 0.15) is 11.6 Å².